The summed E-state index contributed by atoms with van der Waals surface area (Å²) in [5, 5.41) is 0. The molecule has 2 atom stereocenters. The molecule has 3 aromatic rings. The normalized spacial score (nSPS) is 13.4. The quantitative estimate of drug-likeness (QED) is 0.443. The lowest BCUT2D eigenvalue weighted by molar-refractivity contribution is -0.140. The number of alkyl halides is 1. The summed E-state index contributed by atoms with van der Waals surface area (Å²) in [5.74, 6) is 0.564. The average Bonchev–Trinajstić information content (AvgIpc) is 3.24. The standard InChI is InChI=1S/C27H36FN5O2/c1-27(2,3)25(33(24(34)19-35-4)14-12-22(29)15-28)26-31-23(21-10-6-5-7-11-21)18-32(26)17-20-9-8-13-30-16-20/h5-11,13,16,18,22,25H,12,14-15,17,19,29H2,1-4H3/t22?,25-/m0/s1. The van der Waals surface area contributed by atoms with E-state index in [1.165, 1.54) is 7.11 Å². The number of hydrogen-bond acceptors (Lipinski definition) is 5. The molecule has 2 heterocycles. The molecule has 7 nitrogen and oxygen atoms in total. The largest absolute Gasteiger partial charge is 0.375 e. The zero-order chi connectivity index (χ0) is 25.4. The van der Waals surface area contributed by atoms with Crippen molar-refractivity contribution in [2.24, 2.45) is 11.1 Å². The van der Waals surface area contributed by atoms with Gasteiger partial charge in [0, 0.05) is 43.9 Å². The molecule has 0 bridgehead atoms. The summed E-state index contributed by atoms with van der Waals surface area (Å²) in [6, 6.07) is 12.8. The van der Waals surface area contributed by atoms with Crippen molar-refractivity contribution in [3.63, 3.8) is 0 Å². The molecule has 0 saturated heterocycles. The number of benzene rings is 1. The molecule has 0 aliphatic carbocycles. The van der Waals surface area contributed by atoms with Gasteiger partial charge in [0.2, 0.25) is 5.91 Å². The van der Waals surface area contributed by atoms with Crippen LogP contribution < -0.4 is 5.73 Å². The van der Waals surface area contributed by atoms with Gasteiger partial charge in [-0.25, -0.2) is 9.37 Å². The Morgan fingerprint density at radius 2 is 1.94 bits per heavy atom. The third-order valence-corrected chi connectivity index (χ3v) is 5.86. The van der Waals surface area contributed by atoms with Gasteiger partial charge < -0.3 is 19.9 Å². The summed E-state index contributed by atoms with van der Waals surface area (Å²) in [7, 11) is 1.49. The van der Waals surface area contributed by atoms with Crippen molar-refractivity contribution in [1.82, 2.24) is 19.4 Å². The van der Waals surface area contributed by atoms with Gasteiger partial charge in [0.05, 0.1) is 18.3 Å². The Bertz CT molecular complexity index is 1070. The zero-order valence-corrected chi connectivity index (χ0v) is 21.0. The molecule has 35 heavy (non-hydrogen) atoms. The first kappa shape index (κ1) is 26.5. The van der Waals surface area contributed by atoms with E-state index >= 15 is 0 Å². The molecule has 2 N–H and O–H groups in total. The maximum Gasteiger partial charge on any atom is 0.249 e. The number of hydrogen-bond donors (Lipinski definition) is 1. The van der Waals surface area contributed by atoms with Crippen molar-refractivity contribution in [2.75, 3.05) is 26.9 Å². The van der Waals surface area contributed by atoms with Crippen molar-refractivity contribution in [2.45, 2.75) is 45.8 Å². The Morgan fingerprint density at radius 1 is 1.20 bits per heavy atom. The second kappa shape index (κ2) is 12.0. The Kier molecular flexibility index (Phi) is 9.12. The SMILES string of the molecule is COCC(=O)N(CCC(N)CF)[C@@H](c1nc(-c2ccccc2)cn1Cc1cccnc1)C(C)(C)C. The predicted molar refractivity (Wildman–Crippen MR) is 135 cm³/mol. The van der Waals surface area contributed by atoms with Gasteiger partial charge in [-0.2, -0.15) is 0 Å². The van der Waals surface area contributed by atoms with Crippen molar-refractivity contribution in [3.8, 4) is 11.3 Å². The van der Waals surface area contributed by atoms with E-state index in [-0.39, 0.29) is 17.9 Å². The number of rotatable bonds is 11. The van der Waals surface area contributed by atoms with E-state index in [0.717, 1.165) is 22.6 Å². The van der Waals surface area contributed by atoms with Crippen molar-refractivity contribution in [3.05, 3.63) is 72.4 Å². The number of carbonyl (C=O) groups excluding carboxylic acids is 1. The lowest BCUT2D eigenvalue weighted by Gasteiger charge is -2.40. The molecule has 0 saturated carbocycles. The molecule has 0 fully saturated rings. The summed E-state index contributed by atoms with van der Waals surface area (Å²) in [6.45, 7) is 6.36. The van der Waals surface area contributed by atoms with Crippen LogP contribution >= 0.6 is 0 Å². The van der Waals surface area contributed by atoms with Gasteiger partial charge >= 0.3 is 0 Å². The number of methoxy groups -OCH3 is 1. The number of halogens is 1. The van der Waals surface area contributed by atoms with E-state index in [4.69, 9.17) is 15.5 Å². The maximum absolute atomic E-state index is 13.3. The second-order valence-corrected chi connectivity index (χ2v) is 9.83. The van der Waals surface area contributed by atoms with Crippen LogP contribution in [0.3, 0.4) is 0 Å². The summed E-state index contributed by atoms with van der Waals surface area (Å²) in [6.07, 6.45) is 5.92. The lowest BCUT2D eigenvalue weighted by atomic mass is 9.84. The molecule has 1 amide bonds. The molecule has 0 spiro atoms. The molecule has 2 aromatic heterocycles. The van der Waals surface area contributed by atoms with Gasteiger partial charge in [0.15, 0.2) is 0 Å². The van der Waals surface area contributed by atoms with E-state index in [0.29, 0.717) is 19.5 Å². The molecular weight excluding hydrogens is 445 g/mol. The molecule has 0 aliphatic rings. The van der Waals surface area contributed by atoms with Gasteiger partial charge in [0.1, 0.15) is 19.1 Å². The Labute approximate surface area is 207 Å². The minimum Gasteiger partial charge on any atom is -0.375 e. The van der Waals surface area contributed by atoms with E-state index in [1.807, 2.05) is 54.9 Å². The van der Waals surface area contributed by atoms with E-state index in [2.05, 4.69) is 30.3 Å². The number of amides is 1. The molecule has 1 aromatic carbocycles. The monoisotopic (exact) mass is 481 g/mol. The van der Waals surface area contributed by atoms with Crippen LogP contribution in [-0.4, -0.2) is 58.3 Å². The fourth-order valence-corrected chi connectivity index (χ4v) is 4.19. The van der Waals surface area contributed by atoms with Gasteiger partial charge in [-0.05, 0) is 23.5 Å². The Morgan fingerprint density at radius 3 is 2.54 bits per heavy atom. The number of nitrogens with two attached hydrogens (primary N) is 1. The minimum absolute atomic E-state index is 0.0771. The highest BCUT2D eigenvalue weighted by Gasteiger charge is 2.38. The molecule has 1 unspecified atom stereocenters. The lowest BCUT2D eigenvalue weighted by Crippen LogP contribution is -2.45. The number of pyridine rings is 1. The van der Waals surface area contributed by atoms with E-state index < -0.39 is 18.8 Å². The van der Waals surface area contributed by atoms with Gasteiger partial charge in [-0.3, -0.25) is 9.78 Å². The van der Waals surface area contributed by atoms with Crippen molar-refractivity contribution >= 4 is 5.91 Å². The number of ether oxygens (including phenoxy) is 1. The summed E-state index contributed by atoms with van der Waals surface area (Å²) >= 11 is 0. The summed E-state index contributed by atoms with van der Waals surface area (Å²) in [4.78, 5) is 24.3. The van der Waals surface area contributed by atoms with Crippen LogP contribution in [0, 0.1) is 5.41 Å². The summed E-state index contributed by atoms with van der Waals surface area (Å²) < 4.78 is 20.4. The molecule has 8 heteroatoms. The minimum atomic E-state index is -0.639. The van der Waals surface area contributed by atoms with E-state index in [9.17, 15) is 9.18 Å². The van der Waals surface area contributed by atoms with Crippen LogP contribution in [0.1, 0.15) is 44.6 Å². The van der Waals surface area contributed by atoms with Crippen LogP contribution in [0.15, 0.2) is 61.1 Å². The molecule has 0 radical (unpaired) electrons. The van der Waals surface area contributed by atoms with Crippen LogP contribution in [-0.2, 0) is 16.1 Å². The Balaban J connectivity index is 2.13. The Hall–Kier alpha value is -3.10. The summed E-state index contributed by atoms with van der Waals surface area (Å²) in [5.41, 5.74) is 8.33. The van der Waals surface area contributed by atoms with Crippen LogP contribution in [0.5, 0.6) is 0 Å². The third kappa shape index (κ3) is 6.96. The fraction of sp³-hybridized carbons (Fsp3) is 0.444. The number of aromatic nitrogens is 3. The van der Waals surface area contributed by atoms with Crippen LogP contribution in [0.4, 0.5) is 4.39 Å². The highest BCUT2D eigenvalue weighted by molar-refractivity contribution is 5.78. The van der Waals surface area contributed by atoms with Gasteiger partial charge in [-0.15, -0.1) is 0 Å². The van der Waals surface area contributed by atoms with Crippen molar-refractivity contribution < 1.29 is 13.9 Å². The zero-order valence-electron chi connectivity index (χ0n) is 21.0. The highest BCUT2D eigenvalue weighted by Crippen LogP contribution is 2.39. The predicted octanol–water partition coefficient (Wildman–Crippen LogP) is 4.24. The fourth-order valence-electron chi connectivity index (χ4n) is 4.19. The van der Waals surface area contributed by atoms with Crippen LogP contribution in [0.25, 0.3) is 11.3 Å². The number of nitrogens with zero attached hydrogens (tertiary/aromatic N) is 4. The van der Waals surface area contributed by atoms with Gasteiger partial charge in [-0.1, -0.05) is 57.2 Å². The third-order valence-electron chi connectivity index (χ3n) is 5.86. The first-order chi connectivity index (χ1) is 16.7. The number of imidazole rings is 1. The number of carbonyl (C=O) groups is 1. The maximum atomic E-state index is 13.3. The first-order valence-corrected chi connectivity index (χ1v) is 11.9. The van der Waals surface area contributed by atoms with Gasteiger partial charge in [0.25, 0.3) is 0 Å². The van der Waals surface area contributed by atoms with E-state index in [1.54, 1.807) is 11.1 Å². The smallest absolute Gasteiger partial charge is 0.249 e. The molecule has 3 rings (SSSR count). The molecule has 188 valence electrons. The second-order valence-electron chi connectivity index (χ2n) is 9.83. The average molecular weight is 482 g/mol. The molecular formula is C27H36FN5O2. The van der Waals surface area contributed by atoms with Crippen molar-refractivity contribution in [1.29, 1.82) is 0 Å². The topological polar surface area (TPSA) is 86.3 Å². The highest BCUT2D eigenvalue weighted by atomic mass is 19.1. The van der Waals surface area contributed by atoms with Crippen LogP contribution in [0.2, 0.25) is 0 Å². The first-order valence-electron chi connectivity index (χ1n) is 11.9. The molecule has 0 aliphatic heterocycles.